The van der Waals surface area contributed by atoms with Gasteiger partial charge in [-0.1, -0.05) is 19.3 Å². The minimum atomic E-state index is -0.188. The topological polar surface area (TPSA) is 38.3 Å². The number of carbonyl (C=O) groups is 1. The maximum absolute atomic E-state index is 11.2. The smallest absolute Gasteiger partial charge is 0.322 e. The molecule has 88 valence electrons. The first-order chi connectivity index (χ1) is 7.15. The van der Waals surface area contributed by atoms with Crippen LogP contribution in [0.2, 0.25) is 0 Å². The van der Waals surface area contributed by atoms with Crippen LogP contribution in [0.5, 0.6) is 0 Å². The first-order valence-corrected chi connectivity index (χ1v) is 5.99. The minimum Gasteiger partial charge on any atom is -0.468 e. The Morgan fingerprint density at radius 3 is 2.40 bits per heavy atom. The van der Waals surface area contributed by atoms with Gasteiger partial charge in [0.05, 0.1) is 7.11 Å². The van der Waals surface area contributed by atoms with E-state index in [0.717, 1.165) is 5.92 Å². The van der Waals surface area contributed by atoms with E-state index < -0.39 is 0 Å². The van der Waals surface area contributed by atoms with Crippen LogP contribution in [0.4, 0.5) is 0 Å². The number of nitrogens with one attached hydrogen (secondary N) is 1. The Labute approximate surface area is 92.6 Å². The maximum atomic E-state index is 11.2. The van der Waals surface area contributed by atoms with Crippen LogP contribution in [-0.4, -0.2) is 25.2 Å². The molecule has 1 fully saturated rings. The molecule has 3 heteroatoms. The molecule has 0 saturated heterocycles. The summed E-state index contributed by atoms with van der Waals surface area (Å²) in [6.07, 6.45) is 6.63. The van der Waals surface area contributed by atoms with Crippen molar-refractivity contribution in [3.8, 4) is 0 Å². The number of hydrogen-bond donors (Lipinski definition) is 1. The summed E-state index contributed by atoms with van der Waals surface area (Å²) >= 11 is 0. The van der Waals surface area contributed by atoms with Crippen molar-refractivity contribution in [1.82, 2.24) is 5.32 Å². The molecule has 1 unspecified atom stereocenters. The van der Waals surface area contributed by atoms with E-state index in [9.17, 15) is 4.79 Å². The third-order valence-corrected chi connectivity index (χ3v) is 3.42. The molecule has 1 aliphatic rings. The van der Waals surface area contributed by atoms with E-state index in [1.807, 2.05) is 6.92 Å². The van der Waals surface area contributed by atoms with Crippen molar-refractivity contribution in [3.05, 3.63) is 0 Å². The predicted octanol–water partition coefficient (Wildman–Crippen LogP) is 2.11. The second kappa shape index (κ2) is 6.11. The van der Waals surface area contributed by atoms with Crippen LogP contribution in [0.25, 0.3) is 0 Å². The van der Waals surface area contributed by atoms with Crippen LogP contribution in [0.15, 0.2) is 0 Å². The van der Waals surface area contributed by atoms with Gasteiger partial charge < -0.3 is 10.1 Å². The summed E-state index contributed by atoms with van der Waals surface area (Å²) in [7, 11) is 1.44. The molecule has 1 rings (SSSR count). The number of rotatable bonds is 4. The van der Waals surface area contributed by atoms with Gasteiger partial charge in [0.2, 0.25) is 0 Å². The van der Waals surface area contributed by atoms with Gasteiger partial charge in [0, 0.05) is 6.04 Å². The monoisotopic (exact) mass is 213 g/mol. The third kappa shape index (κ3) is 3.82. The molecule has 15 heavy (non-hydrogen) atoms. The van der Waals surface area contributed by atoms with E-state index in [4.69, 9.17) is 4.74 Å². The second-order valence-corrected chi connectivity index (χ2v) is 4.60. The van der Waals surface area contributed by atoms with Crippen LogP contribution >= 0.6 is 0 Å². The predicted molar refractivity (Wildman–Crippen MR) is 60.7 cm³/mol. The summed E-state index contributed by atoms with van der Waals surface area (Å²) < 4.78 is 4.70. The molecule has 0 aromatic carbocycles. The van der Waals surface area contributed by atoms with Crippen molar-refractivity contribution < 1.29 is 9.53 Å². The van der Waals surface area contributed by atoms with E-state index in [1.165, 1.54) is 39.2 Å². The van der Waals surface area contributed by atoms with Crippen molar-refractivity contribution >= 4 is 5.97 Å². The average molecular weight is 213 g/mol. The molecule has 1 N–H and O–H groups in total. The lowest BCUT2D eigenvalue weighted by atomic mass is 9.84. The third-order valence-electron chi connectivity index (χ3n) is 3.42. The van der Waals surface area contributed by atoms with Gasteiger partial charge in [0.25, 0.3) is 0 Å². The van der Waals surface area contributed by atoms with E-state index in [2.05, 4.69) is 12.2 Å². The Kier molecular flexibility index (Phi) is 5.09. The molecular weight excluding hydrogens is 190 g/mol. The van der Waals surface area contributed by atoms with Gasteiger partial charge in [-0.15, -0.1) is 0 Å². The zero-order chi connectivity index (χ0) is 11.3. The van der Waals surface area contributed by atoms with Crippen molar-refractivity contribution in [2.75, 3.05) is 7.11 Å². The van der Waals surface area contributed by atoms with Crippen molar-refractivity contribution in [2.24, 2.45) is 5.92 Å². The Bertz CT molecular complexity index is 200. The van der Waals surface area contributed by atoms with Crippen LogP contribution < -0.4 is 5.32 Å². The van der Waals surface area contributed by atoms with E-state index in [-0.39, 0.29) is 12.0 Å². The van der Waals surface area contributed by atoms with Crippen LogP contribution in [0.3, 0.4) is 0 Å². The van der Waals surface area contributed by atoms with Crippen LogP contribution in [0, 0.1) is 5.92 Å². The van der Waals surface area contributed by atoms with Gasteiger partial charge in [-0.2, -0.15) is 0 Å². The van der Waals surface area contributed by atoms with E-state index in [0.29, 0.717) is 6.04 Å². The Hall–Kier alpha value is -0.570. The van der Waals surface area contributed by atoms with Gasteiger partial charge in [-0.3, -0.25) is 4.79 Å². The lowest BCUT2D eigenvalue weighted by Crippen LogP contribution is -2.44. The Morgan fingerprint density at radius 2 is 1.87 bits per heavy atom. The summed E-state index contributed by atoms with van der Waals surface area (Å²) in [5, 5.41) is 3.33. The molecule has 0 bridgehead atoms. The maximum Gasteiger partial charge on any atom is 0.322 e. The zero-order valence-electron chi connectivity index (χ0n) is 10.1. The molecule has 0 aliphatic heterocycles. The fraction of sp³-hybridized carbons (Fsp3) is 0.917. The summed E-state index contributed by atoms with van der Waals surface area (Å²) in [6, 6.07) is 0.228. The Morgan fingerprint density at radius 1 is 1.27 bits per heavy atom. The van der Waals surface area contributed by atoms with Crippen LogP contribution in [-0.2, 0) is 9.53 Å². The first kappa shape index (κ1) is 12.5. The number of esters is 1. The van der Waals surface area contributed by atoms with Crippen LogP contribution in [0.1, 0.15) is 46.0 Å². The molecule has 3 nitrogen and oxygen atoms in total. The molecule has 0 radical (unpaired) electrons. The number of methoxy groups -OCH3 is 1. The molecule has 1 saturated carbocycles. The molecule has 1 aliphatic carbocycles. The summed E-state index contributed by atoms with van der Waals surface area (Å²) in [4.78, 5) is 11.2. The first-order valence-electron chi connectivity index (χ1n) is 5.99. The molecule has 0 amide bonds. The minimum absolute atomic E-state index is 0.169. The van der Waals surface area contributed by atoms with Gasteiger partial charge in [0.15, 0.2) is 0 Å². The largest absolute Gasteiger partial charge is 0.468 e. The summed E-state index contributed by atoms with van der Waals surface area (Å²) in [6.45, 7) is 4.04. The Balaban J connectivity index is 2.33. The highest BCUT2D eigenvalue weighted by molar-refractivity contribution is 5.75. The summed E-state index contributed by atoms with van der Waals surface area (Å²) in [5.74, 6) is 0.559. The number of hydrogen-bond acceptors (Lipinski definition) is 3. The fourth-order valence-corrected chi connectivity index (χ4v) is 2.41. The van der Waals surface area contributed by atoms with E-state index in [1.54, 1.807) is 0 Å². The fourth-order valence-electron chi connectivity index (χ4n) is 2.41. The standard InChI is InChI=1S/C12H23NO2/c1-9(11-7-5-4-6-8-11)13-10(2)12(14)15-3/h9-11,13H,4-8H2,1-3H3/t9?,10-/m0/s1. The van der Waals surface area contributed by atoms with Crippen molar-refractivity contribution in [2.45, 2.75) is 58.0 Å². The lowest BCUT2D eigenvalue weighted by Gasteiger charge is -2.29. The highest BCUT2D eigenvalue weighted by Gasteiger charge is 2.23. The zero-order valence-corrected chi connectivity index (χ0v) is 10.1. The molecule has 0 aromatic heterocycles. The normalized spacial score (nSPS) is 22.1. The SMILES string of the molecule is COC(=O)[C@H](C)NC(C)C1CCCCC1. The molecule has 2 atom stereocenters. The highest BCUT2D eigenvalue weighted by atomic mass is 16.5. The summed E-state index contributed by atoms with van der Waals surface area (Å²) in [5.41, 5.74) is 0. The van der Waals surface area contributed by atoms with E-state index >= 15 is 0 Å². The quantitative estimate of drug-likeness (QED) is 0.727. The molecule has 0 heterocycles. The van der Waals surface area contributed by atoms with Crippen molar-refractivity contribution in [3.63, 3.8) is 0 Å². The molecular formula is C12H23NO2. The second-order valence-electron chi connectivity index (χ2n) is 4.60. The molecule has 0 aromatic rings. The highest BCUT2D eigenvalue weighted by Crippen LogP contribution is 2.26. The van der Waals surface area contributed by atoms with Gasteiger partial charge >= 0.3 is 5.97 Å². The van der Waals surface area contributed by atoms with Gasteiger partial charge in [0.1, 0.15) is 6.04 Å². The van der Waals surface area contributed by atoms with Gasteiger partial charge in [-0.25, -0.2) is 0 Å². The van der Waals surface area contributed by atoms with Gasteiger partial charge in [-0.05, 0) is 32.6 Å². The number of carbonyl (C=O) groups excluding carboxylic acids is 1. The van der Waals surface area contributed by atoms with Crippen molar-refractivity contribution in [1.29, 1.82) is 0 Å². The molecule has 0 spiro atoms. The lowest BCUT2D eigenvalue weighted by molar-refractivity contribution is -0.142. The average Bonchev–Trinajstić information content (AvgIpc) is 2.29. The number of ether oxygens (including phenoxy) is 1.